The van der Waals surface area contributed by atoms with E-state index in [1.54, 1.807) is 0 Å². The molecule has 1 amide bonds. The van der Waals surface area contributed by atoms with Gasteiger partial charge in [0, 0.05) is 19.6 Å². The molecular weight excluding hydrogens is 321 g/mol. The van der Waals surface area contributed by atoms with Gasteiger partial charge in [-0.05, 0) is 32.0 Å². The highest BCUT2D eigenvalue weighted by Gasteiger charge is 2.14. The minimum atomic E-state index is 0. The van der Waals surface area contributed by atoms with Crippen molar-refractivity contribution in [2.75, 3.05) is 39.8 Å². The topological polar surface area (TPSA) is 49.6 Å². The van der Waals surface area contributed by atoms with Crippen molar-refractivity contribution in [3.63, 3.8) is 0 Å². The normalized spacial score (nSPS) is 9.82. The lowest BCUT2D eigenvalue weighted by atomic mass is 10.1. The zero-order chi connectivity index (χ0) is 14.8. The van der Waals surface area contributed by atoms with Crippen molar-refractivity contribution in [3.05, 3.63) is 35.9 Å². The fourth-order valence-electron chi connectivity index (χ4n) is 2.22. The number of nitrogens with zero attached hydrogens (tertiary/aromatic N) is 2. The van der Waals surface area contributed by atoms with Crippen molar-refractivity contribution >= 4 is 30.7 Å². The fraction of sp³-hybridized carbons (Fsp3) is 0.562. The Kier molecular flexibility index (Phi) is 14.7. The van der Waals surface area contributed by atoms with Crippen molar-refractivity contribution < 1.29 is 4.79 Å². The van der Waals surface area contributed by atoms with Crippen molar-refractivity contribution in [2.24, 2.45) is 5.73 Å². The summed E-state index contributed by atoms with van der Waals surface area (Å²) in [6, 6.07) is 10.2. The van der Waals surface area contributed by atoms with Crippen LogP contribution < -0.4 is 5.73 Å². The van der Waals surface area contributed by atoms with Crippen LogP contribution in [0.3, 0.4) is 0 Å². The first-order chi connectivity index (χ1) is 9.67. The first-order valence-electron chi connectivity index (χ1n) is 7.37. The molecule has 2 N–H and O–H groups in total. The Balaban J connectivity index is 0. The molecular formula is C16H29Cl2N3O. The monoisotopic (exact) mass is 349 g/mol. The van der Waals surface area contributed by atoms with Gasteiger partial charge in [0.05, 0.1) is 6.54 Å². The maximum atomic E-state index is 12.3. The van der Waals surface area contributed by atoms with Gasteiger partial charge in [-0.15, -0.1) is 24.8 Å². The van der Waals surface area contributed by atoms with E-state index in [9.17, 15) is 4.79 Å². The van der Waals surface area contributed by atoms with E-state index >= 15 is 0 Å². The van der Waals surface area contributed by atoms with Crippen LogP contribution in [0.5, 0.6) is 0 Å². The Bertz CT molecular complexity index is 390. The molecule has 0 aromatic heterocycles. The third kappa shape index (κ3) is 9.26. The summed E-state index contributed by atoms with van der Waals surface area (Å²) in [4.78, 5) is 16.2. The van der Waals surface area contributed by atoms with Gasteiger partial charge in [0.1, 0.15) is 0 Å². The molecule has 0 bridgehead atoms. The van der Waals surface area contributed by atoms with Crippen LogP contribution in [-0.2, 0) is 11.2 Å². The average Bonchev–Trinajstić information content (AvgIpc) is 2.44. The number of hydrogen-bond donors (Lipinski definition) is 1. The van der Waals surface area contributed by atoms with E-state index in [2.05, 4.69) is 24.0 Å². The summed E-state index contributed by atoms with van der Waals surface area (Å²) in [5.41, 5.74) is 6.87. The van der Waals surface area contributed by atoms with Gasteiger partial charge in [-0.2, -0.15) is 0 Å². The third-order valence-corrected chi connectivity index (χ3v) is 3.28. The maximum absolute atomic E-state index is 12.3. The van der Waals surface area contributed by atoms with Crippen molar-refractivity contribution in [3.8, 4) is 0 Å². The Morgan fingerprint density at radius 2 is 1.73 bits per heavy atom. The van der Waals surface area contributed by atoms with Crippen LogP contribution in [0, 0.1) is 0 Å². The summed E-state index contributed by atoms with van der Waals surface area (Å²) in [5.74, 6) is 0.169. The lowest BCUT2D eigenvalue weighted by molar-refractivity contribution is -0.132. The van der Waals surface area contributed by atoms with Crippen LogP contribution in [0.25, 0.3) is 0 Å². The van der Waals surface area contributed by atoms with Crippen LogP contribution in [0.1, 0.15) is 18.9 Å². The van der Waals surface area contributed by atoms with Crippen molar-refractivity contribution in [2.45, 2.75) is 19.8 Å². The molecule has 6 heteroatoms. The summed E-state index contributed by atoms with van der Waals surface area (Å²) in [5, 5.41) is 0. The van der Waals surface area contributed by atoms with Crippen molar-refractivity contribution in [1.29, 1.82) is 0 Å². The van der Waals surface area contributed by atoms with E-state index in [4.69, 9.17) is 5.73 Å². The van der Waals surface area contributed by atoms with Crippen LogP contribution in [0.15, 0.2) is 30.3 Å². The number of amides is 1. The highest BCUT2D eigenvalue weighted by atomic mass is 35.5. The third-order valence-electron chi connectivity index (χ3n) is 3.28. The average molecular weight is 350 g/mol. The SMILES string of the molecule is CCCN(C)CC(=O)N(CCN)CCc1ccccc1.Cl.Cl. The van der Waals surface area contributed by atoms with Gasteiger partial charge in [-0.3, -0.25) is 9.69 Å². The highest BCUT2D eigenvalue weighted by Crippen LogP contribution is 2.02. The molecule has 0 unspecified atom stereocenters. The molecule has 0 aliphatic rings. The van der Waals surface area contributed by atoms with Gasteiger partial charge in [-0.1, -0.05) is 37.3 Å². The smallest absolute Gasteiger partial charge is 0.236 e. The molecule has 128 valence electrons. The van der Waals surface area contributed by atoms with Crippen molar-refractivity contribution in [1.82, 2.24) is 9.80 Å². The molecule has 0 spiro atoms. The molecule has 4 nitrogen and oxygen atoms in total. The summed E-state index contributed by atoms with van der Waals surface area (Å²) in [6.45, 7) is 5.42. The molecule has 0 fully saturated rings. The largest absolute Gasteiger partial charge is 0.340 e. The second-order valence-electron chi connectivity index (χ2n) is 5.14. The van der Waals surface area contributed by atoms with E-state index in [0.29, 0.717) is 19.6 Å². The highest BCUT2D eigenvalue weighted by molar-refractivity contribution is 5.85. The second kappa shape index (κ2) is 13.8. The zero-order valence-corrected chi connectivity index (χ0v) is 15.2. The van der Waals surface area contributed by atoms with E-state index in [1.165, 1.54) is 5.56 Å². The predicted molar refractivity (Wildman–Crippen MR) is 98.1 cm³/mol. The number of likely N-dealkylation sites (N-methyl/N-ethyl adjacent to an activating group) is 1. The molecule has 0 aliphatic carbocycles. The Morgan fingerprint density at radius 1 is 1.09 bits per heavy atom. The first kappa shape index (κ1) is 23.5. The number of carbonyl (C=O) groups excluding carboxylic acids is 1. The number of nitrogens with two attached hydrogens (primary N) is 1. The number of benzene rings is 1. The summed E-state index contributed by atoms with van der Waals surface area (Å²) in [7, 11) is 1.99. The minimum absolute atomic E-state index is 0. The lowest BCUT2D eigenvalue weighted by Crippen LogP contribution is -2.42. The fourth-order valence-corrected chi connectivity index (χ4v) is 2.22. The number of halogens is 2. The zero-order valence-electron chi connectivity index (χ0n) is 13.5. The molecule has 22 heavy (non-hydrogen) atoms. The molecule has 0 atom stereocenters. The van der Waals surface area contributed by atoms with Gasteiger partial charge < -0.3 is 10.6 Å². The van der Waals surface area contributed by atoms with E-state index in [0.717, 1.165) is 25.9 Å². The first-order valence-corrected chi connectivity index (χ1v) is 7.37. The Labute approximate surface area is 146 Å². The standard InChI is InChI=1S/C16H27N3O.2ClH/c1-3-11-18(2)14-16(20)19(13-10-17)12-9-15-7-5-4-6-8-15;;/h4-8H,3,9-14,17H2,1-2H3;2*1H. The van der Waals surface area contributed by atoms with E-state index < -0.39 is 0 Å². The Morgan fingerprint density at radius 3 is 2.27 bits per heavy atom. The molecule has 1 rings (SSSR count). The van der Waals surface area contributed by atoms with Crippen LogP contribution in [-0.4, -0.2) is 55.5 Å². The number of rotatable bonds is 9. The Hall–Kier alpha value is -0.810. The molecule has 0 heterocycles. The minimum Gasteiger partial charge on any atom is -0.340 e. The van der Waals surface area contributed by atoms with Crippen LogP contribution >= 0.6 is 24.8 Å². The van der Waals surface area contributed by atoms with Gasteiger partial charge >= 0.3 is 0 Å². The van der Waals surface area contributed by atoms with E-state index in [1.807, 2.05) is 30.1 Å². The molecule has 0 radical (unpaired) electrons. The number of carbonyl (C=O) groups is 1. The van der Waals surface area contributed by atoms with Gasteiger partial charge in [0.25, 0.3) is 0 Å². The maximum Gasteiger partial charge on any atom is 0.236 e. The van der Waals surface area contributed by atoms with Gasteiger partial charge in [-0.25, -0.2) is 0 Å². The second-order valence-corrected chi connectivity index (χ2v) is 5.14. The lowest BCUT2D eigenvalue weighted by Gasteiger charge is -2.25. The van der Waals surface area contributed by atoms with Gasteiger partial charge in [0.15, 0.2) is 0 Å². The molecule has 0 saturated heterocycles. The number of hydrogen-bond acceptors (Lipinski definition) is 3. The van der Waals surface area contributed by atoms with Gasteiger partial charge in [0.2, 0.25) is 5.91 Å². The predicted octanol–water partition coefficient (Wildman–Crippen LogP) is 2.20. The summed E-state index contributed by atoms with van der Waals surface area (Å²) >= 11 is 0. The molecule has 1 aromatic carbocycles. The van der Waals surface area contributed by atoms with Crippen LogP contribution in [0.2, 0.25) is 0 Å². The molecule has 1 aromatic rings. The molecule has 0 aliphatic heterocycles. The van der Waals surface area contributed by atoms with E-state index in [-0.39, 0.29) is 30.7 Å². The quantitative estimate of drug-likeness (QED) is 0.743. The molecule has 0 saturated carbocycles. The summed E-state index contributed by atoms with van der Waals surface area (Å²) in [6.07, 6.45) is 1.94. The van der Waals surface area contributed by atoms with Crippen LogP contribution in [0.4, 0.5) is 0 Å². The summed E-state index contributed by atoms with van der Waals surface area (Å²) < 4.78 is 0.